The van der Waals surface area contributed by atoms with Gasteiger partial charge in [0.1, 0.15) is 5.82 Å². The van der Waals surface area contributed by atoms with Crippen LogP contribution in [-0.4, -0.2) is 30.5 Å². The number of aliphatic imine (C=N–C) groups is 1. The molecule has 1 fully saturated rings. The Hall–Kier alpha value is -2.02. The molecule has 0 saturated carbocycles. The maximum absolute atomic E-state index is 13.4. The van der Waals surface area contributed by atoms with Crippen molar-refractivity contribution < 1.29 is 4.39 Å². The van der Waals surface area contributed by atoms with Crippen LogP contribution in [0.1, 0.15) is 5.56 Å². The second-order valence-corrected chi connectivity index (χ2v) is 3.92. The lowest BCUT2D eigenvalue weighted by Gasteiger charge is -2.13. The first kappa shape index (κ1) is 11.5. The van der Waals surface area contributed by atoms with Crippen molar-refractivity contribution in [1.29, 1.82) is 0 Å². The molecule has 0 atom stereocenters. The maximum Gasteiger partial charge on any atom is 0.200 e. The molecule has 0 bridgehead atoms. The van der Waals surface area contributed by atoms with Crippen molar-refractivity contribution in [1.82, 2.24) is 10.2 Å². The predicted octanol–water partition coefficient (Wildman–Crippen LogP) is 1.66. The van der Waals surface area contributed by atoms with Crippen molar-refractivity contribution in [3.8, 4) is 12.3 Å². The summed E-state index contributed by atoms with van der Waals surface area (Å²) < 4.78 is 13.4. The molecule has 0 spiro atoms. The molecule has 0 radical (unpaired) electrons. The number of aryl methyl sites for hydroxylation is 1. The second-order valence-electron chi connectivity index (χ2n) is 3.92. The normalized spacial score (nSPS) is 17.0. The molecular formula is C13H14FN3. The molecule has 1 saturated heterocycles. The van der Waals surface area contributed by atoms with Gasteiger partial charge in [-0.05, 0) is 24.6 Å². The zero-order chi connectivity index (χ0) is 12.3. The van der Waals surface area contributed by atoms with Crippen LogP contribution in [0.25, 0.3) is 0 Å². The Morgan fingerprint density at radius 1 is 1.59 bits per heavy atom. The number of nitrogens with zero attached hydrogens (tertiary/aromatic N) is 2. The molecule has 1 aromatic rings. The molecule has 1 heterocycles. The summed E-state index contributed by atoms with van der Waals surface area (Å²) in [5.41, 5.74) is 1.22. The van der Waals surface area contributed by atoms with Gasteiger partial charge < -0.3 is 10.2 Å². The average molecular weight is 231 g/mol. The SMILES string of the molecule is C#CCN1CCN/C1=N\c1ccc(C)c(F)c1. The van der Waals surface area contributed by atoms with E-state index in [9.17, 15) is 4.39 Å². The Balaban J connectivity index is 2.23. The molecule has 0 aromatic heterocycles. The fourth-order valence-electron chi connectivity index (χ4n) is 1.67. The fraction of sp³-hybridized carbons (Fsp3) is 0.308. The molecule has 0 aliphatic carbocycles. The summed E-state index contributed by atoms with van der Waals surface area (Å²) in [6.45, 7) is 3.89. The van der Waals surface area contributed by atoms with E-state index in [0.29, 0.717) is 23.8 Å². The fourth-order valence-corrected chi connectivity index (χ4v) is 1.67. The number of terminal acetylenes is 1. The summed E-state index contributed by atoms with van der Waals surface area (Å²) in [6.07, 6.45) is 5.27. The number of hydrogen-bond acceptors (Lipinski definition) is 1. The van der Waals surface area contributed by atoms with Gasteiger partial charge in [0.25, 0.3) is 0 Å². The topological polar surface area (TPSA) is 27.6 Å². The average Bonchev–Trinajstić information content (AvgIpc) is 2.72. The first-order valence-corrected chi connectivity index (χ1v) is 5.48. The van der Waals surface area contributed by atoms with Crippen molar-refractivity contribution >= 4 is 11.6 Å². The molecule has 88 valence electrons. The van der Waals surface area contributed by atoms with Gasteiger partial charge in [-0.1, -0.05) is 12.0 Å². The minimum absolute atomic E-state index is 0.242. The highest BCUT2D eigenvalue weighted by atomic mass is 19.1. The third-order valence-corrected chi connectivity index (χ3v) is 2.64. The highest BCUT2D eigenvalue weighted by molar-refractivity contribution is 5.84. The van der Waals surface area contributed by atoms with Crippen LogP contribution in [0, 0.1) is 25.1 Å². The Morgan fingerprint density at radius 3 is 3.12 bits per heavy atom. The largest absolute Gasteiger partial charge is 0.354 e. The van der Waals surface area contributed by atoms with Gasteiger partial charge in [-0.2, -0.15) is 0 Å². The third kappa shape index (κ3) is 2.56. The summed E-state index contributed by atoms with van der Waals surface area (Å²) in [7, 11) is 0. The van der Waals surface area contributed by atoms with Crippen molar-refractivity contribution in [2.75, 3.05) is 19.6 Å². The van der Waals surface area contributed by atoms with E-state index in [0.717, 1.165) is 13.1 Å². The van der Waals surface area contributed by atoms with E-state index < -0.39 is 0 Å². The quantitative estimate of drug-likeness (QED) is 0.784. The van der Waals surface area contributed by atoms with Crippen LogP contribution in [-0.2, 0) is 0 Å². The maximum atomic E-state index is 13.4. The van der Waals surface area contributed by atoms with Crippen molar-refractivity contribution in [2.45, 2.75) is 6.92 Å². The number of halogens is 1. The van der Waals surface area contributed by atoms with Crippen LogP contribution in [0.5, 0.6) is 0 Å². The van der Waals surface area contributed by atoms with E-state index in [-0.39, 0.29) is 5.82 Å². The van der Waals surface area contributed by atoms with Gasteiger partial charge >= 0.3 is 0 Å². The number of rotatable bonds is 2. The molecule has 0 unspecified atom stereocenters. The highest BCUT2D eigenvalue weighted by Gasteiger charge is 2.16. The number of benzene rings is 1. The Morgan fingerprint density at radius 2 is 2.41 bits per heavy atom. The van der Waals surface area contributed by atoms with E-state index in [1.165, 1.54) is 6.07 Å². The second kappa shape index (κ2) is 4.88. The lowest BCUT2D eigenvalue weighted by atomic mass is 10.2. The zero-order valence-corrected chi connectivity index (χ0v) is 9.70. The summed E-state index contributed by atoms with van der Waals surface area (Å²) >= 11 is 0. The lowest BCUT2D eigenvalue weighted by Crippen LogP contribution is -2.30. The smallest absolute Gasteiger partial charge is 0.200 e. The molecule has 1 aliphatic rings. The van der Waals surface area contributed by atoms with E-state index in [1.54, 1.807) is 19.1 Å². The van der Waals surface area contributed by atoms with E-state index in [4.69, 9.17) is 6.42 Å². The first-order valence-electron chi connectivity index (χ1n) is 5.48. The molecule has 4 heteroatoms. The van der Waals surface area contributed by atoms with E-state index in [1.807, 2.05) is 4.90 Å². The highest BCUT2D eigenvalue weighted by Crippen LogP contribution is 2.17. The minimum atomic E-state index is -0.242. The summed E-state index contributed by atoms with van der Waals surface area (Å²) in [5.74, 6) is 3.05. The van der Waals surface area contributed by atoms with Crippen molar-refractivity contribution in [3.05, 3.63) is 29.6 Å². The van der Waals surface area contributed by atoms with Crippen LogP contribution in [0.15, 0.2) is 23.2 Å². The monoisotopic (exact) mass is 231 g/mol. The third-order valence-electron chi connectivity index (χ3n) is 2.64. The van der Waals surface area contributed by atoms with Gasteiger partial charge in [0.15, 0.2) is 5.96 Å². The summed E-state index contributed by atoms with van der Waals surface area (Å²) in [5, 5.41) is 3.13. The number of hydrogen-bond donors (Lipinski definition) is 1. The van der Waals surface area contributed by atoms with Gasteiger partial charge in [-0.3, -0.25) is 0 Å². The predicted molar refractivity (Wildman–Crippen MR) is 66.6 cm³/mol. The van der Waals surface area contributed by atoms with Crippen LogP contribution >= 0.6 is 0 Å². The molecule has 2 rings (SSSR count). The van der Waals surface area contributed by atoms with Gasteiger partial charge in [-0.25, -0.2) is 9.38 Å². The summed E-state index contributed by atoms with van der Waals surface area (Å²) in [4.78, 5) is 6.31. The van der Waals surface area contributed by atoms with Crippen molar-refractivity contribution in [3.63, 3.8) is 0 Å². The minimum Gasteiger partial charge on any atom is -0.354 e. The summed E-state index contributed by atoms with van der Waals surface area (Å²) in [6, 6.07) is 4.94. The van der Waals surface area contributed by atoms with Crippen LogP contribution < -0.4 is 5.32 Å². The Labute approximate surface area is 100 Å². The zero-order valence-electron chi connectivity index (χ0n) is 9.70. The Kier molecular flexibility index (Phi) is 3.29. The van der Waals surface area contributed by atoms with Gasteiger partial charge in [-0.15, -0.1) is 6.42 Å². The number of nitrogens with one attached hydrogen (secondary N) is 1. The molecule has 1 aromatic carbocycles. The van der Waals surface area contributed by atoms with E-state index >= 15 is 0 Å². The molecular weight excluding hydrogens is 217 g/mol. The molecule has 17 heavy (non-hydrogen) atoms. The van der Waals surface area contributed by atoms with Crippen molar-refractivity contribution in [2.24, 2.45) is 4.99 Å². The van der Waals surface area contributed by atoms with Gasteiger partial charge in [0, 0.05) is 13.1 Å². The molecule has 3 nitrogen and oxygen atoms in total. The molecule has 1 N–H and O–H groups in total. The van der Waals surface area contributed by atoms with Gasteiger partial charge in [0.05, 0.1) is 12.2 Å². The van der Waals surface area contributed by atoms with Gasteiger partial charge in [0.2, 0.25) is 0 Å². The Bertz CT molecular complexity index is 488. The van der Waals surface area contributed by atoms with E-state index in [2.05, 4.69) is 16.2 Å². The van der Waals surface area contributed by atoms with Crippen LogP contribution in [0.4, 0.5) is 10.1 Å². The molecule has 0 amide bonds. The standard InChI is InChI=1S/C13H14FN3/c1-3-7-17-8-6-15-13(17)16-11-5-4-10(2)12(14)9-11/h1,4-5,9H,6-8H2,2H3,(H,15,16). The lowest BCUT2D eigenvalue weighted by molar-refractivity contribution is 0.521. The molecule has 1 aliphatic heterocycles. The first-order chi connectivity index (χ1) is 8.20. The number of guanidine groups is 1. The van der Waals surface area contributed by atoms with Crippen LogP contribution in [0.3, 0.4) is 0 Å². The van der Waals surface area contributed by atoms with Crippen LogP contribution in [0.2, 0.25) is 0 Å².